The predicted octanol–water partition coefficient (Wildman–Crippen LogP) is 4.35. The van der Waals surface area contributed by atoms with Crippen LogP contribution in [0.5, 0.6) is 5.75 Å². The Bertz CT molecular complexity index is 748. The van der Waals surface area contributed by atoms with Crippen molar-refractivity contribution in [1.29, 1.82) is 0 Å². The monoisotopic (exact) mass is 362 g/mol. The van der Waals surface area contributed by atoms with E-state index in [-0.39, 0.29) is 24.2 Å². The SMILES string of the molecule is CC[C@@H](C)Oc1ccc(/C=N/NC(=O)Cc2ccc(F)cc2)cc1Cl. The number of rotatable bonds is 7. The summed E-state index contributed by atoms with van der Waals surface area (Å²) in [6, 6.07) is 11.1. The Balaban J connectivity index is 1.89. The van der Waals surface area contributed by atoms with E-state index in [0.717, 1.165) is 12.0 Å². The van der Waals surface area contributed by atoms with Gasteiger partial charge >= 0.3 is 0 Å². The summed E-state index contributed by atoms with van der Waals surface area (Å²) in [6.45, 7) is 4.01. The Morgan fingerprint density at radius 2 is 2.04 bits per heavy atom. The van der Waals surface area contributed by atoms with Gasteiger partial charge in [-0.2, -0.15) is 5.10 Å². The number of nitrogens with zero attached hydrogens (tertiary/aromatic N) is 1. The number of carbonyl (C=O) groups excluding carboxylic acids is 1. The smallest absolute Gasteiger partial charge is 0.244 e. The molecule has 2 aromatic rings. The van der Waals surface area contributed by atoms with Crippen LogP contribution in [-0.2, 0) is 11.2 Å². The first kappa shape index (κ1) is 18.9. The molecule has 2 aromatic carbocycles. The van der Waals surface area contributed by atoms with Crippen molar-refractivity contribution in [3.05, 3.63) is 64.4 Å². The van der Waals surface area contributed by atoms with Crippen molar-refractivity contribution in [2.24, 2.45) is 5.10 Å². The van der Waals surface area contributed by atoms with Crippen LogP contribution in [0.2, 0.25) is 5.02 Å². The quantitative estimate of drug-likeness (QED) is 0.588. The molecule has 0 spiro atoms. The van der Waals surface area contributed by atoms with Gasteiger partial charge in [0.05, 0.1) is 23.8 Å². The first-order valence-corrected chi connectivity index (χ1v) is 8.38. The summed E-state index contributed by atoms with van der Waals surface area (Å²) in [4.78, 5) is 11.8. The summed E-state index contributed by atoms with van der Waals surface area (Å²) in [5, 5.41) is 4.39. The number of amides is 1. The van der Waals surface area contributed by atoms with Crippen LogP contribution >= 0.6 is 11.6 Å². The number of benzene rings is 2. The molecule has 0 aromatic heterocycles. The van der Waals surface area contributed by atoms with E-state index in [1.807, 2.05) is 13.8 Å². The van der Waals surface area contributed by atoms with Crippen molar-refractivity contribution in [2.75, 3.05) is 0 Å². The lowest BCUT2D eigenvalue weighted by molar-refractivity contribution is -0.120. The Hall–Kier alpha value is -2.40. The molecular formula is C19H20ClFN2O2. The minimum Gasteiger partial charge on any atom is -0.489 e. The maximum atomic E-state index is 12.8. The third-order valence-electron chi connectivity index (χ3n) is 3.54. The first-order chi connectivity index (χ1) is 12.0. The second-order valence-electron chi connectivity index (χ2n) is 5.62. The number of ether oxygens (including phenoxy) is 1. The number of hydrogen-bond donors (Lipinski definition) is 1. The van der Waals surface area contributed by atoms with Crippen LogP contribution in [0, 0.1) is 5.82 Å². The van der Waals surface area contributed by atoms with Gasteiger partial charge in [-0.15, -0.1) is 0 Å². The molecule has 4 nitrogen and oxygen atoms in total. The zero-order chi connectivity index (χ0) is 18.2. The summed E-state index contributed by atoms with van der Waals surface area (Å²) in [5.41, 5.74) is 3.88. The molecule has 0 aliphatic carbocycles. The average Bonchev–Trinajstić information content (AvgIpc) is 2.59. The summed E-state index contributed by atoms with van der Waals surface area (Å²) < 4.78 is 18.5. The van der Waals surface area contributed by atoms with Crippen molar-refractivity contribution in [2.45, 2.75) is 32.8 Å². The molecular weight excluding hydrogens is 343 g/mol. The van der Waals surface area contributed by atoms with Crippen LogP contribution in [-0.4, -0.2) is 18.2 Å². The number of halogens is 2. The molecule has 1 N–H and O–H groups in total. The van der Waals surface area contributed by atoms with Crippen LogP contribution in [0.25, 0.3) is 0 Å². The van der Waals surface area contributed by atoms with E-state index in [4.69, 9.17) is 16.3 Å². The van der Waals surface area contributed by atoms with Crippen molar-refractivity contribution >= 4 is 23.7 Å². The fourth-order valence-corrected chi connectivity index (χ4v) is 2.23. The fraction of sp³-hybridized carbons (Fsp3) is 0.263. The van der Waals surface area contributed by atoms with Crippen molar-refractivity contribution < 1.29 is 13.9 Å². The molecule has 0 saturated heterocycles. The van der Waals surface area contributed by atoms with Gasteiger partial charge in [-0.1, -0.05) is 30.7 Å². The molecule has 0 radical (unpaired) electrons. The van der Waals surface area contributed by atoms with Crippen LogP contribution in [0.4, 0.5) is 4.39 Å². The molecule has 0 aliphatic rings. The lowest BCUT2D eigenvalue weighted by Crippen LogP contribution is -2.19. The number of hydrazone groups is 1. The van der Waals surface area contributed by atoms with Crippen LogP contribution < -0.4 is 10.2 Å². The third-order valence-corrected chi connectivity index (χ3v) is 3.84. The van der Waals surface area contributed by atoms with E-state index in [1.165, 1.54) is 18.3 Å². The third kappa shape index (κ3) is 6.19. The maximum Gasteiger partial charge on any atom is 0.244 e. The molecule has 0 bridgehead atoms. The zero-order valence-corrected chi connectivity index (χ0v) is 14.9. The van der Waals surface area contributed by atoms with Gasteiger partial charge in [0.1, 0.15) is 11.6 Å². The minimum absolute atomic E-state index is 0.0859. The summed E-state index contributed by atoms with van der Waals surface area (Å²) in [6.07, 6.45) is 2.60. The van der Waals surface area contributed by atoms with E-state index in [2.05, 4.69) is 10.5 Å². The van der Waals surface area contributed by atoms with Gasteiger partial charge in [0.15, 0.2) is 0 Å². The standard InChI is InChI=1S/C19H20ClFN2O2/c1-3-13(2)25-18-9-6-15(10-17(18)20)12-22-23-19(24)11-14-4-7-16(21)8-5-14/h4-10,12-13H,3,11H2,1-2H3,(H,23,24)/b22-12+/t13-/m1/s1. The normalized spacial score (nSPS) is 12.2. The van der Waals surface area contributed by atoms with Crippen molar-refractivity contribution in [3.8, 4) is 5.75 Å². The van der Waals surface area contributed by atoms with Crippen LogP contribution in [0.15, 0.2) is 47.6 Å². The summed E-state index contributed by atoms with van der Waals surface area (Å²) in [5.74, 6) is -0.000920. The van der Waals surface area contributed by atoms with Gasteiger partial charge in [-0.05, 0) is 54.8 Å². The van der Waals surface area contributed by atoms with Crippen molar-refractivity contribution in [1.82, 2.24) is 5.43 Å². The second-order valence-corrected chi connectivity index (χ2v) is 6.03. The Morgan fingerprint density at radius 1 is 1.32 bits per heavy atom. The zero-order valence-electron chi connectivity index (χ0n) is 14.1. The van der Waals surface area contributed by atoms with Gasteiger partial charge in [0.25, 0.3) is 0 Å². The molecule has 132 valence electrons. The molecule has 0 fully saturated rings. The Labute approximate surface area is 151 Å². The van der Waals surface area contributed by atoms with Crippen molar-refractivity contribution in [3.63, 3.8) is 0 Å². The largest absolute Gasteiger partial charge is 0.489 e. The van der Waals surface area contributed by atoms with E-state index in [0.29, 0.717) is 16.3 Å². The average molecular weight is 363 g/mol. The number of carbonyl (C=O) groups is 1. The molecule has 0 unspecified atom stereocenters. The topological polar surface area (TPSA) is 50.7 Å². The van der Waals surface area contributed by atoms with Crippen LogP contribution in [0.3, 0.4) is 0 Å². The molecule has 0 aliphatic heterocycles. The predicted molar refractivity (Wildman–Crippen MR) is 97.7 cm³/mol. The highest BCUT2D eigenvalue weighted by Crippen LogP contribution is 2.26. The Morgan fingerprint density at radius 3 is 2.68 bits per heavy atom. The molecule has 25 heavy (non-hydrogen) atoms. The highest BCUT2D eigenvalue weighted by Gasteiger charge is 2.06. The fourth-order valence-electron chi connectivity index (χ4n) is 2.00. The highest BCUT2D eigenvalue weighted by atomic mass is 35.5. The van der Waals surface area contributed by atoms with E-state index in [9.17, 15) is 9.18 Å². The van der Waals surface area contributed by atoms with Crippen LogP contribution in [0.1, 0.15) is 31.4 Å². The molecule has 1 atom stereocenters. The Kier molecular flexibility index (Phi) is 6.95. The van der Waals surface area contributed by atoms with E-state index in [1.54, 1.807) is 30.3 Å². The number of hydrogen-bond acceptors (Lipinski definition) is 3. The van der Waals surface area contributed by atoms with Gasteiger partial charge in [-0.3, -0.25) is 4.79 Å². The maximum absolute atomic E-state index is 12.8. The van der Waals surface area contributed by atoms with Gasteiger partial charge in [0, 0.05) is 0 Å². The number of nitrogens with one attached hydrogen (secondary N) is 1. The van der Waals surface area contributed by atoms with E-state index >= 15 is 0 Å². The molecule has 6 heteroatoms. The molecule has 2 rings (SSSR count). The second kappa shape index (κ2) is 9.18. The lowest BCUT2D eigenvalue weighted by Gasteiger charge is -2.13. The molecule has 0 saturated carbocycles. The molecule has 0 heterocycles. The molecule has 1 amide bonds. The minimum atomic E-state index is -0.334. The van der Waals surface area contributed by atoms with Gasteiger partial charge in [-0.25, -0.2) is 9.82 Å². The van der Waals surface area contributed by atoms with E-state index < -0.39 is 0 Å². The van der Waals surface area contributed by atoms with Gasteiger partial charge in [0.2, 0.25) is 5.91 Å². The van der Waals surface area contributed by atoms with Gasteiger partial charge < -0.3 is 4.74 Å². The summed E-state index contributed by atoms with van der Waals surface area (Å²) in [7, 11) is 0. The highest BCUT2D eigenvalue weighted by molar-refractivity contribution is 6.32. The summed E-state index contributed by atoms with van der Waals surface area (Å²) >= 11 is 6.19. The lowest BCUT2D eigenvalue weighted by atomic mass is 10.1. The first-order valence-electron chi connectivity index (χ1n) is 8.00.